The number of aromatic nitrogens is 2. The molecule has 0 aliphatic heterocycles. The summed E-state index contributed by atoms with van der Waals surface area (Å²) in [6.45, 7) is 0. The van der Waals surface area contributed by atoms with Gasteiger partial charge in [0.25, 0.3) is 0 Å². The number of aromatic amines is 1. The van der Waals surface area contributed by atoms with Gasteiger partial charge in [-0.05, 0) is 36.5 Å². The standard InChI is InChI=1S/C15H11N3OS/c1-19-13-8-3-2-6-11(13)18-12-7-4-5-10(9-16)14(12)17-15(18)20/h2-8H,1H3,(H,17,20). The van der Waals surface area contributed by atoms with Crippen LogP contribution in [-0.2, 0) is 0 Å². The molecule has 5 heteroatoms. The Balaban J connectivity index is 2.41. The molecule has 1 heterocycles. The maximum atomic E-state index is 9.17. The molecule has 0 saturated carbocycles. The van der Waals surface area contributed by atoms with Crippen LogP contribution in [0.4, 0.5) is 0 Å². The summed E-state index contributed by atoms with van der Waals surface area (Å²) < 4.78 is 7.80. The van der Waals surface area contributed by atoms with E-state index in [1.807, 2.05) is 41.0 Å². The lowest BCUT2D eigenvalue weighted by molar-refractivity contribution is 0.413. The van der Waals surface area contributed by atoms with E-state index in [-0.39, 0.29) is 0 Å². The summed E-state index contributed by atoms with van der Waals surface area (Å²) in [6, 6.07) is 15.3. The molecule has 0 amide bonds. The summed E-state index contributed by atoms with van der Waals surface area (Å²) >= 11 is 5.39. The van der Waals surface area contributed by atoms with Crippen molar-refractivity contribution < 1.29 is 4.74 Å². The van der Waals surface area contributed by atoms with Crippen LogP contribution in [-0.4, -0.2) is 16.7 Å². The Bertz CT molecular complexity index is 886. The number of fused-ring (bicyclic) bond motifs is 1. The second kappa shape index (κ2) is 4.83. The summed E-state index contributed by atoms with van der Waals surface area (Å²) in [4.78, 5) is 3.10. The number of hydrogen-bond donors (Lipinski definition) is 1. The molecule has 0 saturated heterocycles. The molecule has 0 bridgehead atoms. The van der Waals surface area contributed by atoms with Gasteiger partial charge in [-0.2, -0.15) is 5.26 Å². The average Bonchev–Trinajstić information content (AvgIpc) is 2.82. The fraction of sp³-hybridized carbons (Fsp3) is 0.0667. The van der Waals surface area contributed by atoms with Gasteiger partial charge in [-0.15, -0.1) is 0 Å². The molecule has 0 unspecified atom stereocenters. The Morgan fingerprint density at radius 2 is 2.00 bits per heavy atom. The SMILES string of the molecule is COc1ccccc1-n1c(=S)[nH]c2c(C#N)cccc21. The molecule has 3 rings (SSSR count). The van der Waals surface area contributed by atoms with E-state index in [2.05, 4.69) is 11.1 Å². The van der Waals surface area contributed by atoms with Crippen LogP contribution in [0.3, 0.4) is 0 Å². The second-order valence-corrected chi connectivity index (χ2v) is 4.64. The summed E-state index contributed by atoms with van der Waals surface area (Å²) in [5.41, 5.74) is 3.02. The zero-order valence-electron chi connectivity index (χ0n) is 10.8. The normalized spacial score (nSPS) is 10.4. The van der Waals surface area contributed by atoms with Crippen LogP contribution in [0.25, 0.3) is 16.7 Å². The van der Waals surface area contributed by atoms with Crippen LogP contribution in [0.15, 0.2) is 42.5 Å². The first kappa shape index (κ1) is 12.5. The Morgan fingerprint density at radius 1 is 1.20 bits per heavy atom. The van der Waals surface area contributed by atoms with Gasteiger partial charge in [0.1, 0.15) is 11.8 Å². The molecule has 2 aromatic carbocycles. The summed E-state index contributed by atoms with van der Waals surface area (Å²) in [5.74, 6) is 0.729. The second-order valence-electron chi connectivity index (χ2n) is 4.25. The molecule has 0 aliphatic rings. The van der Waals surface area contributed by atoms with Gasteiger partial charge in [0.15, 0.2) is 4.77 Å². The molecular formula is C15H11N3OS. The third kappa shape index (κ3) is 1.78. The highest BCUT2D eigenvalue weighted by atomic mass is 32.1. The van der Waals surface area contributed by atoms with E-state index in [0.717, 1.165) is 22.5 Å². The van der Waals surface area contributed by atoms with Crippen molar-refractivity contribution in [2.24, 2.45) is 0 Å². The zero-order chi connectivity index (χ0) is 14.1. The van der Waals surface area contributed by atoms with Gasteiger partial charge in [0.2, 0.25) is 0 Å². The molecule has 98 valence electrons. The Hall–Kier alpha value is -2.58. The summed E-state index contributed by atoms with van der Waals surface area (Å²) in [5, 5.41) is 9.17. The van der Waals surface area contributed by atoms with Gasteiger partial charge in [0, 0.05) is 0 Å². The van der Waals surface area contributed by atoms with Gasteiger partial charge in [0.05, 0.1) is 29.4 Å². The maximum Gasteiger partial charge on any atom is 0.182 e. The third-order valence-electron chi connectivity index (χ3n) is 3.16. The number of H-pyrrole nitrogens is 1. The van der Waals surface area contributed by atoms with Crippen molar-refractivity contribution in [1.29, 1.82) is 5.26 Å². The number of nitrogens with zero attached hydrogens (tertiary/aromatic N) is 2. The maximum absolute atomic E-state index is 9.17. The van der Waals surface area contributed by atoms with Gasteiger partial charge in [-0.25, -0.2) is 0 Å². The van der Waals surface area contributed by atoms with Crippen molar-refractivity contribution in [3.8, 4) is 17.5 Å². The fourth-order valence-electron chi connectivity index (χ4n) is 2.28. The third-order valence-corrected chi connectivity index (χ3v) is 3.45. The van der Waals surface area contributed by atoms with E-state index < -0.39 is 0 Å². The zero-order valence-corrected chi connectivity index (χ0v) is 11.6. The average molecular weight is 281 g/mol. The van der Waals surface area contributed by atoms with E-state index >= 15 is 0 Å². The lowest BCUT2D eigenvalue weighted by atomic mass is 10.2. The van der Waals surface area contributed by atoms with Crippen LogP contribution < -0.4 is 4.74 Å². The van der Waals surface area contributed by atoms with E-state index in [0.29, 0.717) is 10.3 Å². The number of nitrogens with one attached hydrogen (secondary N) is 1. The molecule has 0 spiro atoms. The van der Waals surface area contributed by atoms with E-state index in [1.54, 1.807) is 13.2 Å². The first-order chi connectivity index (χ1) is 9.76. The summed E-state index contributed by atoms with van der Waals surface area (Å²) in [7, 11) is 1.62. The largest absolute Gasteiger partial charge is 0.495 e. The first-order valence-electron chi connectivity index (χ1n) is 6.03. The topological polar surface area (TPSA) is 53.7 Å². The predicted octanol–water partition coefficient (Wildman–Crippen LogP) is 3.57. The molecule has 4 nitrogen and oxygen atoms in total. The lowest BCUT2D eigenvalue weighted by Gasteiger charge is -2.09. The number of nitriles is 1. The lowest BCUT2D eigenvalue weighted by Crippen LogP contribution is -1.97. The molecular weight excluding hydrogens is 270 g/mol. The number of para-hydroxylation sites is 3. The first-order valence-corrected chi connectivity index (χ1v) is 6.44. The minimum atomic E-state index is 0.534. The van der Waals surface area contributed by atoms with Crippen molar-refractivity contribution in [3.05, 3.63) is 52.8 Å². The van der Waals surface area contributed by atoms with Crippen molar-refractivity contribution in [1.82, 2.24) is 9.55 Å². The van der Waals surface area contributed by atoms with Crippen LogP contribution in [0.5, 0.6) is 5.75 Å². The number of benzene rings is 2. The van der Waals surface area contributed by atoms with Crippen LogP contribution in [0, 0.1) is 16.1 Å². The van der Waals surface area contributed by atoms with Crippen LogP contribution >= 0.6 is 12.2 Å². The minimum absolute atomic E-state index is 0.534. The quantitative estimate of drug-likeness (QED) is 0.731. The Kier molecular flexibility index (Phi) is 3.01. The van der Waals surface area contributed by atoms with E-state index in [4.69, 9.17) is 22.2 Å². The highest BCUT2D eigenvalue weighted by molar-refractivity contribution is 7.71. The molecule has 0 atom stereocenters. The van der Waals surface area contributed by atoms with Crippen molar-refractivity contribution in [2.75, 3.05) is 7.11 Å². The molecule has 0 fully saturated rings. The molecule has 3 aromatic rings. The molecule has 1 aromatic heterocycles. The minimum Gasteiger partial charge on any atom is -0.495 e. The predicted molar refractivity (Wildman–Crippen MR) is 79.7 cm³/mol. The number of hydrogen-bond acceptors (Lipinski definition) is 3. The smallest absolute Gasteiger partial charge is 0.182 e. The van der Waals surface area contributed by atoms with E-state index in [9.17, 15) is 0 Å². The van der Waals surface area contributed by atoms with Gasteiger partial charge in [-0.1, -0.05) is 18.2 Å². The number of methoxy groups -OCH3 is 1. The number of ether oxygens (including phenoxy) is 1. The monoisotopic (exact) mass is 281 g/mol. The molecule has 1 N–H and O–H groups in total. The highest BCUT2D eigenvalue weighted by Gasteiger charge is 2.12. The van der Waals surface area contributed by atoms with E-state index in [1.165, 1.54) is 0 Å². The van der Waals surface area contributed by atoms with Crippen molar-refractivity contribution in [3.63, 3.8) is 0 Å². The van der Waals surface area contributed by atoms with Gasteiger partial charge in [-0.3, -0.25) is 4.57 Å². The Labute approximate surface area is 120 Å². The van der Waals surface area contributed by atoms with Crippen LogP contribution in [0.2, 0.25) is 0 Å². The molecule has 0 aliphatic carbocycles. The van der Waals surface area contributed by atoms with Crippen molar-refractivity contribution in [2.45, 2.75) is 0 Å². The van der Waals surface area contributed by atoms with Crippen LogP contribution in [0.1, 0.15) is 5.56 Å². The number of rotatable bonds is 2. The molecule has 0 radical (unpaired) electrons. The fourth-order valence-corrected chi connectivity index (χ4v) is 2.58. The van der Waals surface area contributed by atoms with Crippen molar-refractivity contribution >= 4 is 23.3 Å². The van der Waals surface area contributed by atoms with Gasteiger partial charge >= 0.3 is 0 Å². The van der Waals surface area contributed by atoms with Gasteiger partial charge < -0.3 is 9.72 Å². The number of imidazole rings is 1. The highest BCUT2D eigenvalue weighted by Crippen LogP contribution is 2.27. The summed E-state index contributed by atoms with van der Waals surface area (Å²) in [6.07, 6.45) is 0. The Morgan fingerprint density at radius 3 is 2.75 bits per heavy atom. The molecule has 20 heavy (non-hydrogen) atoms.